The van der Waals surface area contributed by atoms with Crippen molar-refractivity contribution in [1.82, 2.24) is 14.6 Å². The molecule has 0 radical (unpaired) electrons. The van der Waals surface area contributed by atoms with Crippen molar-refractivity contribution in [3.63, 3.8) is 0 Å². The molecule has 0 spiro atoms. The van der Waals surface area contributed by atoms with E-state index in [2.05, 4.69) is 14.6 Å². The Morgan fingerprint density at radius 3 is 2.68 bits per heavy atom. The number of halogens is 1. The lowest BCUT2D eigenvalue weighted by Crippen LogP contribution is -2.30. The molecule has 28 heavy (non-hydrogen) atoms. The first kappa shape index (κ1) is 18.8. The predicted octanol–water partition coefficient (Wildman–Crippen LogP) is 4.97. The Morgan fingerprint density at radius 2 is 2.00 bits per heavy atom. The van der Waals surface area contributed by atoms with Crippen LogP contribution in [-0.2, 0) is 6.54 Å². The Kier molecular flexibility index (Phi) is 5.25. The first-order chi connectivity index (χ1) is 13.6. The monoisotopic (exact) mass is 430 g/mol. The van der Waals surface area contributed by atoms with Crippen molar-refractivity contribution >= 4 is 55.7 Å². The summed E-state index contributed by atoms with van der Waals surface area (Å²) in [6, 6.07) is 13.3. The molecule has 1 amide bonds. The highest BCUT2D eigenvalue weighted by Gasteiger charge is 2.26. The van der Waals surface area contributed by atoms with Crippen LogP contribution < -0.4 is 9.64 Å². The van der Waals surface area contributed by atoms with E-state index in [1.54, 1.807) is 31.1 Å². The van der Waals surface area contributed by atoms with Crippen LogP contribution in [0.15, 0.2) is 42.5 Å². The van der Waals surface area contributed by atoms with E-state index in [0.29, 0.717) is 38.5 Å². The van der Waals surface area contributed by atoms with Gasteiger partial charge in [0.25, 0.3) is 5.91 Å². The van der Waals surface area contributed by atoms with Crippen molar-refractivity contribution < 1.29 is 9.53 Å². The smallest absolute Gasteiger partial charge is 0.274 e. The number of aryl methyl sites for hydroxylation is 1. The highest BCUT2D eigenvalue weighted by Crippen LogP contribution is 2.39. The summed E-state index contributed by atoms with van der Waals surface area (Å²) in [7, 11) is 1.58. The highest BCUT2D eigenvalue weighted by atomic mass is 35.5. The van der Waals surface area contributed by atoms with E-state index in [-0.39, 0.29) is 5.91 Å². The number of thiazole rings is 1. The van der Waals surface area contributed by atoms with Gasteiger partial charge in [0.05, 0.1) is 29.1 Å². The van der Waals surface area contributed by atoms with Gasteiger partial charge in [-0.15, -0.1) is 5.10 Å². The van der Waals surface area contributed by atoms with Crippen molar-refractivity contribution in [2.75, 3.05) is 12.0 Å². The Balaban J connectivity index is 1.83. The van der Waals surface area contributed by atoms with Gasteiger partial charge in [0, 0.05) is 0 Å². The molecule has 2 aromatic carbocycles. The molecule has 0 unspecified atom stereocenters. The Morgan fingerprint density at radius 1 is 1.21 bits per heavy atom. The number of hydrogen-bond donors (Lipinski definition) is 0. The molecular weight excluding hydrogens is 416 g/mol. The molecule has 0 fully saturated rings. The van der Waals surface area contributed by atoms with E-state index in [4.69, 9.17) is 16.3 Å². The molecule has 4 aromatic rings. The van der Waals surface area contributed by atoms with Gasteiger partial charge in [-0.25, -0.2) is 4.98 Å². The minimum Gasteiger partial charge on any atom is -0.494 e. The summed E-state index contributed by atoms with van der Waals surface area (Å²) in [6.45, 7) is 2.15. The van der Waals surface area contributed by atoms with Gasteiger partial charge in [-0.3, -0.25) is 9.69 Å². The molecule has 0 saturated carbocycles. The van der Waals surface area contributed by atoms with Crippen LogP contribution in [0, 0.1) is 6.92 Å². The predicted molar refractivity (Wildman–Crippen MR) is 113 cm³/mol. The molecule has 0 bridgehead atoms. The van der Waals surface area contributed by atoms with Gasteiger partial charge in [0.2, 0.25) is 0 Å². The van der Waals surface area contributed by atoms with Crippen LogP contribution in [0.25, 0.3) is 10.2 Å². The number of hydrogen-bond acceptors (Lipinski definition) is 7. The fourth-order valence-electron chi connectivity index (χ4n) is 2.76. The molecule has 0 atom stereocenters. The number of rotatable bonds is 5. The van der Waals surface area contributed by atoms with Crippen molar-refractivity contribution in [3.8, 4) is 5.75 Å². The maximum atomic E-state index is 13.3. The largest absolute Gasteiger partial charge is 0.494 e. The molecule has 0 N–H and O–H groups in total. The van der Waals surface area contributed by atoms with E-state index in [1.807, 2.05) is 30.3 Å². The summed E-state index contributed by atoms with van der Waals surface area (Å²) in [5.74, 6) is 0.426. The van der Waals surface area contributed by atoms with E-state index >= 15 is 0 Å². The van der Waals surface area contributed by atoms with Crippen molar-refractivity contribution in [2.24, 2.45) is 0 Å². The summed E-state index contributed by atoms with van der Waals surface area (Å²) in [4.78, 5) is 20.1. The van der Waals surface area contributed by atoms with E-state index < -0.39 is 0 Å². The first-order valence-corrected chi connectivity index (χ1v) is 10.3. The molecule has 0 aliphatic heterocycles. The molecule has 9 heteroatoms. The minimum atomic E-state index is -0.189. The topological polar surface area (TPSA) is 68.2 Å². The highest BCUT2D eigenvalue weighted by molar-refractivity contribution is 7.23. The molecule has 2 heterocycles. The van der Waals surface area contributed by atoms with Crippen LogP contribution in [0.5, 0.6) is 5.75 Å². The third-order valence-corrected chi connectivity index (χ3v) is 6.53. The summed E-state index contributed by atoms with van der Waals surface area (Å²) in [5, 5.41) is 5.08. The normalized spacial score (nSPS) is 11.0. The fraction of sp³-hybridized carbons (Fsp3) is 0.158. The fourth-order valence-corrected chi connectivity index (χ4v) is 4.62. The number of amides is 1. The summed E-state index contributed by atoms with van der Waals surface area (Å²) < 4.78 is 10.1. The van der Waals surface area contributed by atoms with Gasteiger partial charge < -0.3 is 4.74 Å². The lowest BCUT2D eigenvalue weighted by molar-refractivity contribution is 0.0988. The molecule has 0 aliphatic carbocycles. The summed E-state index contributed by atoms with van der Waals surface area (Å²) >= 11 is 8.80. The maximum Gasteiger partial charge on any atom is 0.274 e. The van der Waals surface area contributed by atoms with E-state index in [1.165, 1.54) is 11.3 Å². The lowest BCUT2D eigenvalue weighted by Gasteiger charge is -2.19. The quantitative estimate of drug-likeness (QED) is 0.447. The van der Waals surface area contributed by atoms with Crippen LogP contribution in [0.3, 0.4) is 0 Å². The number of aromatic nitrogens is 3. The Hall–Kier alpha value is -2.55. The van der Waals surface area contributed by atoms with Gasteiger partial charge in [0.1, 0.15) is 16.1 Å². The zero-order chi connectivity index (χ0) is 19.7. The number of methoxy groups -OCH3 is 1. The minimum absolute atomic E-state index is 0.189. The second-order valence-corrected chi connectivity index (χ2v) is 8.13. The van der Waals surface area contributed by atoms with Gasteiger partial charge in [-0.2, -0.15) is 0 Å². The average molecular weight is 431 g/mol. The van der Waals surface area contributed by atoms with Crippen molar-refractivity contribution in [3.05, 3.63) is 63.6 Å². The van der Waals surface area contributed by atoms with Crippen LogP contribution in [0.1, 0.15) is 20.9 Å². The van der Waals surface area contributed by atoms with Gasteiger partial charge >= 0.3 is 0 Å². The van der Waals surface area contributed by atoms with Crippen LogP contribution in [0.2, 0.25) is 5.02 Å². The molecule has 2 aromatic heterocycles. The van der Waals surface area contributed by atoms with Gasteiger partial charge in [-0.1, -0.05) is 57.8 Å². The van der Waals surface area contributed by atoms with Crippen LogP contribution >= 0.6 is 34.5 Å². The molecular formula is C19H15ClN4O2S2. The zero-order valence-corrected chi connectivity index (χ0v) is 17.4. The number of nitrogens with zero attached hydrogens (tertiary/aromatic N) is 4. The summed E-state index contributed by atoms with van der Waals surface area (Å²) in [5.41, 5.74) is 2.23. The lowest BCUT2D eigenvalue weighted by atomic mass is 10.2. The number of fused-ring (bicyclic) bond motifs is 1. The zero-order valence-electron chi connectivity index (χ0n) is 15.0. The van der Waals surface area contributed by atoms with Gasteiger partial charge in [-0.05, 0) is 36.2 Å². The van der Waals surface area contributed by atoms with Crippen molar-refractivity contribution in [2.45, 2.75) is 13.5 Å². The maximum absolute atomic E-state index is 13.3. The van der Waals surface area contributed by atoms with Crippen molar-refractivity contribution in [1.29, 1.82) is 0 Å². The SMILES string of the molecule is COc1ccc(Cl)c2sc(N(Cc3ccccc3)C(=O)c3snnc3C)nc12. The molecule has 142 valence electrons. The molecule has 6 nitrogen and oxygen atoms in total. The molecule has 4 rings (SSSR count). The molecule has 0 saturated heterocycles. The third-order valence-electron chi connectivity index (χ3n) is 4.17. The standard InChI is InChI=1S/C19H15ClN4O2S2/c1-11-16(28-23-22-11)18(25)24(10-12-6-4-3-5-7-12)19-21-15-14(26-2)9-8-13(20)17(15)27-19/h3-9H,10H2,1-2H3. The number of anilines is 1. The third kappa shape index (κ3) is 3.46. The second-order valence-electron chi connectivity index (χ2n) is 5.99. The first-order valence-electron chi connectivity index (χ1n) is 8.36. The van der Waals surface area contributed by atoms with E-state index in [9.17, 15) is 4.79 Å². The molecule has 0 aliphatic rings. The number of ether oxygens (including phenoxy) is 1. The Bertz CT molecular complexity index is 1140. The van der Waals surface area contributed by atoms with E-state index in [0.717, 1.165) is 21.8 Å². The van der Waals surface area contributed by atoms with Crippen LogP contribution in [-0.4, -0.2) is 27.6 Å². The number of carbonyl (C=O) groups excluding carboxylic acids is 1. The number of carbonyl (C=O) groups is 1. The van der Waals surface area contributed by atoms with Crippen LogP contribution in [0.4, 0.5) is 5.13 Å². The number of benzene rings is 2. The second kappa shape index (κ2) is 7.83. The van der Waals surface area contributed by atoms with Gasteiger partial charge in [0.15, 0.2) is 5.13 Å². The summed E-state index contributed by atoms with van der Waals surface area (Å²) in [6.07, 6.45) is 0. The average Bonchev–Trinajstić information content (AvgIpc) is 3.34. The Labute approximate surface area is 174 Å².